The molecule has 0 aliphatic carbocycles. The van der Waals surface area contributed by atoms with Gasteiger partial charge in [-0.15, -0.1) is 0 Å². The summed E-state index contributed by atoms with van der Waals surface area (Å²) in [5.41, 5.74) is 0.969. The van der Waals surface area contributed by atoms with Crippen LogP contribution in [0.5, 0.6) is 11.5 Å². The van der Waals surface area contributed by atoms with Crippen LogP contribution in [0.4, 0.5) is 4.39 Å². The predicted molar refractivity (Wildman–Crippen MR) is 96.9 cm³/mol. The standard InChI is InChI=1S/C20H21FN2O4/c21-15-3-1-13(2-4-15)9-19(26)22-16-5-7-23(8-6-16)20(27)14-10-17(24)12-18(25)11-14/h1-4,10-12,16,24-25H,5-9H2,(H,22,26). The minimum Gasteiger partial charge on any atom is -0.508 e. The minimum atomic E-state index is -0.337. The Morgan fingerprint density at radius 3 is 2.22 bits per heavy atom. The highest BCUT2D eigenvalue weighted by Gasteiger charge is 2.25. The summed E-state index contributed by atoms with van der Waals surface area (Å²) in [4.78, 5) is 26.3. The van der Waals surface area contributed by atoms with Crippen LogP contribution in [-0.2, 0) is 11.2 Å². The van der Waals surface area contributed by atoms with Crippen molar-refractivity contribution < 1.29 is 24.2 Å². The zero-order chi connectivity index (χ0) is 19.4. The molecule has 1 aliphatic heterocycles. The van der Waals surface area contributed by atoms with Gasteiger partial charge in [0.15, 0.2) is 0 Å². The number of nitrogens with zero attached hydrogens (tertiary/aromatic N) is 1. The highest BCUT2D eigenvalue weighted by Crippen LogP contribution is 2.23. The number of benzene rings is 2. The molecule has 0 unspecified atom stereocenters. The third-order valence-corrected chi connectivity index (χ3v) is 4.57. The van der Waals surface area contributed by atoms with E-state index in [1.54, 1.807) is 17.0 Å². The summed E-state index contributed by atoms with van der Waals surface area (Å²) in [7, 11) is 0. The summed E-state index contributed by atoms with van der Waals surface area (Å²) < 4.78 is 12.9. The summed E-state index contributed by atoms with van der Waals surface area (Å²) >= 11 is 0. The maximum atomic E-state index is 12.9. The number of phenolic OH excluding ortho intramolecular Hbond substituents is 2. The monoisotopic (exact) mass is 372 g/mol. The highest BCUT2D eigenvalue weighted by molar-refractivity contribution is 5.95. The number of carbonyl (C=O) groups is 2. The number of rotatable bonds is 4. The van der Waals surface area contributed by atoms with Crippen molar-refractivity contribution >= 4 is 11.8 Å². The van der Waals surface area contributed by atoms with Crippen LogP contribution in [-0.4, -0.2) is 46.1 Å². The molecule has 1 aliphatic rings. The molecule has 0 radical (unpaired) electrons. The maximum absolute atomic E-state index is 12.9. The second-order valence-electron chi connectivity index (χ2n) is 6.68. The molecule has 1 saturated heterocycles. The van der Waals surface area contributed by atoms with Crippen LogP contribution in [0.3, 0.4) is 0 Å². The third-order valence-electron chi connectivity index (χ3n) is 4.57. The quantitative estimate of drug-likeness (QED) is 0.768. The van der Waals surface area contributed by atoms with E-state index in [1.807, 2.05) is 0 Å². The van der Waals surface area contributed by atoms with Gasteiger partial charge in [-0.05, 0) is 42.7 Å². The first-order valence-electron chi connectivity index (χ1n) is 8.77. The second-order valence-corrected chi connectivity index (χ2v) is 6.68. The average molecular weight is 372 g/mol. The van der Waals surface area contributed by atoms with Gasteiger partial charge >= 0.3 is 0 Å². The molecular weight excluding hydrogens is 351 g/mol. The molecule has 0 saturated carbocycles. The van der Waals surface area contributed by atoms with E-state index in [1.165, 1.54) is 30.3 Å². The largest absolute Gasteiger partial charge is 0.508 e. The van der Waals surface area contributed by atoms with E-state index < -0.39 is 0 Å². The van der Waals surface area contributed by atoms with Crippen molar-refractivity contribution in [3.05, 3.63) is 59.4 Å². The smallest absolute Gasteiger partial charge is 0.254 e. The Labute approximate surface area is 156 Å². The van der Waals surface area contributed by atoms with Crippen molar-refractivity contribution in [1.29, 1.82) is 0 Å². The Balaban J connectivity index is 1.50. The molecule has 0 spiro atoms. The number of aromatic hydroxyl groups is 2. The van der Waals surface area contributed by atoms with E-state index >= 15 is 0 Å². The van der Waals surface area contributed by atoms with Crippen LogP contribution >= 0.6 is 0 Å². The topological polar surface area (TPSA) is 89.9 Å². The molecule has 0 aromatic heterocycles. The fourth-order valence-corrected chi connectivity index (χ4v) is 3.19. The lowest BCUT2D eigenvalue weighted by atomic mass is 10.0. The van der Waals surface area contributed by atoms with Gasteiger partial charge in [0.2, 0.25) is 5.91 Å². The zero-order valence-corrected chi connectivity index (χ0v) is 14.7. The van der Waals surface area contributed by atoms with Crippen molar-refractivity contribution in [2.75, 3.05) is 13.1 Å². The van der Waals surface area contributed by atoms with Gasteiger partial charge in [-0.25, -0.2) is 4.39 Å². The van der Waals surface area contributed by atoms with E-state index in [0.29, 0.717) is 25.9 Å². The second kappa shape index (κ2) is 8.07. The van der Waals surface area contributed by atoms with Gasteiger partial charge in [-0.3, -0.25) is 9.59 Å². The maximum Gasteiger partial charge on any atom is 0.254 e. The lowest BCUT2D eigenvalue weighted by molar-refractivity contribution is -0.121. The fraction of sp³-hybridized carbons (Fsp3) is 0.300. The molecule has 0 atom stereocenters. The number of hydrogen-bond acceptors (Lipinski definition) is 4. The van der Waals surface area contributed by atoms with E-state index in [2.05, 4.69) is 5.32 Å². The molecule has 3 rings (SSSR count). The molecule has 2 amide bonds. The van der Waals surface area contributed by atoms with Crippen molar-refractivity contribution in [1.82, 2.24) is 10.2 Å². The van der Waals surface area contributed by atoms with Crippen molar-refractivity contribution in [2.45, 2.75) is 25.3 Å². The van der Waals surface area contributed by atoms with Gasteiger partial charge in [-0.1, -0.05) is 12.1 Å². The molecular formula is C20H21FN2O4. The SMILES string of the molecule is O=C(Cc1ccc(F)cc1)NC1CCN(C(=O)c2cc(O)cc(O)c2)CC1. The average Bonchev–Trinajstić information content (AvgIpc) is 2.63. The number of nitrogens with one attached hydrogen (secondary N) is 1. The van der Waals surface area contributed by atoms with Gasteiger partial charge in [-0.2, -0.15) is 0 Å². The van der Waals surface area contributed by atoms with E-state index in [9.17, 15) is 24.2 Å². The van der Waals surface area contributed by atoms with E-state index in [4.69, 9.17) is 0 Å². The minimum absolute atomic E-state index is 0.0282. The molecule has 1 heterocycles. The third kappa shape index (κ3) is 4.97. The van der Waals surface area contributed by atoms with Crippen LogP contribution in [0, 0.1) is 5.82 Å². The van der Waals surface area contributed by atoms with Crippen molar-refractivity contribution in [2.24, 2.45) is 0 Å². The number of hydrogen-bond donors (Lipinski definition) is 3. The van der Waals surface area contributed by atoms with Gasteiger partial charge in [0.25, 0.3) is 5.91 Å². The Kier molecular flexibility index (Phi) is 5.59. The molecule has 1 fully saturated rings. The molecule has 2 aromatic rings. The van der Waals surface area contributed by atoms with Crippen LogP contribution < -0.4 is 5.32 Å². The molecule has 3 N–H and O–H groups in total. The number of carbonyl (C=O) groups excluding carboxylic acids is 2. The zero-order valence-electron chi connectivity index (χ0n) is 14.7. The number of amides is 2. The number of piperidine rings is 1. The summed E-state index contributed by atoms with van der Waals surface area (Å²) in [5, 5.41) is 22.0. The molecule has 6 nitrogen and oxygen atoms in total. The fourth-order valence-electron chi connectivity index (χ4n) is 3.19. The number of halogens is 1. The van der Waals surface area contributed by atoms with E-state index in [-0.39, 0.29) is 47.2 Å². The molecule has 2 aromatic carbocycles. The first-order valence-corrected chi connectivity index (χ1v) is 8.77. The van der Waals surface area contributed by atoms with Crippen LogP contribution in [0.2, 0.25) is 0 Å². The van der Waals surface area contributed by atoms with Crippen molar-refractivity contribution in [3.63, 3.8) is 0 Å². The van der Waals surface area contributed by atoms with Gasteiger partial charge < -0.3 is 20.4 Å². The summed E-state index contributed by atoms with van der Waals surface area (Å²) in [5.74, 6) is -1.07. The normalized spacial score (nSPS) is 14.8. The van der Waals surface area contributed by atoms with Crippen LogP contribution in [0.25, 0.3) is 0 Å². The van der Waals surface area contributed by atoms with Gasteiger partial charge in [0, 0.05) is 30.8 Å². The first kappa shape index (κ1) is 18.7. The van der Waals surface area contributed by atoms with Crippen molar-refractivity contribution in [3.8, 4) is 11.5 Å². The van der Waals surface area contributed by atoms with Crippen LogP contribution in [0.1, 0.15) is 28.8 Å². The summed E-state index contributed by atoms with van der Waals surface area (Å²) in [6, 6.07) is 9.59. The Morgan fingerprint density at radius 2 is 1.63 bits per heavy atom. The molecule has 0 bridgehead atoms. The Bertz CT molecular complexity index is 810. The molecule has 142 valence electrons. The van der Waals surface area contributed by atoms with Gasteiger partial charge in [0.05, 0.1) is 6.42 Å². The lowest BCUT2D eigenvalue weighted by Crippen LogP contribution is -2.46. The van der Waals surface area contributed by atoms with Gasteiger partial charge in [0.1, 0.15) is 17.3 Å². The number of phenols is 2. The number of likely N-dealkylation sites (tertiary alicyclic amines) is 1. The molecule has 7 heteroatoms. The lowest BCUT2D eigenvalue weighted by Gasteiger charge is -2.32. The van der Waals surface area contributed by atoms with Crippen LogP contribution in [0.15, 0.2) is 42.5 Å². The Morgan fingerprint density at radius 1 is 1.04 bits per heavy atom. The predicted octanol–water partition coefficient (Wildman–Crippen LogP) is 2.20. The highest BCUT2D eigenvalue weighted by atomic mass is 19.1. The molecule has 27 heavy (non-hydrogen) atoms. The summed E-state index contributed by atoms with van der Waals surface area (Å²) in [6.07, 6.45) is 1.42. The Hall–Kier alpha value is -3.09. The first-order chi connectivity index (χ1) is 12.9. The van der Waals surface area contributed by atoms with E-state index in [0.717, 1.165) is 5.56 Å². The summed E-state index contributed by atoms with van der Waals surface area (Å²) in [6.45, 7) is 0.938.